The van der Waals surface area contributed by atoms with Crippen LogP contribution in [0.5, 0.6) is 11.5 Å². The smallest absolute Gasteiger partial charge is 0.310 e. The van der Waals surface area contributed by atoms with Crippen LogP contribution in [-0.2, 0) is 16.1 Å². The van der Waals surface area contributed by atoms with E-state index >= 15 is 0 Å². The van der Waals surface area contributed by atoms with Gasteiger partial charge < -0.3 is 29.3 Å². The van der Waals surface area contributed by atoms with E-state index in [-0.39, 0.29) is 11.9 Å². The van der Waals surface area contributed by atoms with E-state index < -0.39 is 0 Å². The van der Waals surface area contributed by atoms with E-state index in [2.05, 4.69) is 34.0 Å². The second-order valence-electron chi connectivity index (χ2n) is 7.80. The third-order valence-corrected chi connectivity index (χ3v) is 5.79. The number of likely N-dealkylation sites (tertiary alicyclic amines) is 1. The van der Waals surface area contributed by atoms with Crippen molar-refractivity contribution in [2.75, 3.05) is 60.1 Å². The van der Waals surface area contributed by atoms with Crippen LogP contribution >= 0.6 is 0 Å². The molecule has 32 heavy (non-hydrogen) atoms. The minimum absolute atomic E-state index is 0.102. The number of rotatable bonds is 11. The van der Waals surface area contributed by atoms with E-state index in [0.717, 1.165) is 62.0 Å². The quantitative estimate of drug-likeness (QED) is 0.317. The fourth-order valence-electron chi connectivity index (χ4n) is 3.90. The van der Waals surface area contributed by atoms with Crippen LogP contribution in [0.3, 0.4) is 0 Å². The third-order valence-electron chi connectivity index (χ3n) is 5.79. The van der Waals surface area contributed by atoms with Crippen LogP contribution in [0.15, 0.2) is 23.2 Å². The van der Waals surface area contributed by atoms with E-state index in [4.69, 9.17) is 14.2 Å². The van der Waals surface area contributed by atoms with E-state index in [1.54, 1.807) is 14.2 Å². The summed E-state index contributed by atoms with van der Waals surface area (Å²) in [4.78, 5) is 21.0. The summed E-state index contributed by atoms with van der Waals surface area (Å²) in [6.45, 7) is 12.2. The lowest BCUT2D eigenvalue weighted by atomic mass is 9.98. The molecule has 8 heteroatoms. The fourth-order valence-corrected chi connectivity index (χ4v) is 3.90. The molecular weight excluding hydrogens is 408 g/mol. The van der Waals surface area contributed by atoms with Crippen LogP contribution < -0.4 is 14.8 Å². The first-order chi connectivity index (χ1) is 15.6. The molecule has 1 fully saturated rings. The summed E-state index contributed by atoms with van der Waals surface area (Å²) in [7, 11) is 3.43. The van der Waals surface area contributed by atoms with Gasteiger partial charge in [-0.15, -0.1) is 0 Å². The van der Waals surface area contributed by atoms with Crippen molar-refractivity contribution in [3.63, 3.8) is 0 Å². The molecule has 1 aliphatic heterocycles. The van der Waals surface area contributed by atoms with Crippen LogP contribution in [0.25, 0.3) is 0 Å². The number of nitrogens with one attached hydrogen (secondary N) is 1. The number of benzene rings is 1. The van der Waals surface area contributed by atoms with Gasteiger partial charge in [-0.3, -0.25) is 9.79 Å². The number of carbonyl (C=O) groups excluding carboxylic acids is 1. The molecule has 1 atom stereocenters. The summed E-state index contributed by atoms with van der Waals surface area (Å²) < 4.78 is 16.7. The Balaban J connectivity index is 1.93. The molecule has 1 aliphatic rings. The minimum atomic E-state index is -0.117. The first kappa shape index (κ1) is 25.8. The highest BCUT2D eigenvalue weighted by Gasteiger charge is 2.28. The van der Waals surface area contributed by atoms with Crippen molar-refractivity contribution in [2.45, 2.75) is 40.2 Å². The maximum absolute atomic E-state index is 12.1. The summed E-state index contributed by atoms with van der Waals surface area (Å²) >= 11 is 0. The summed E-state index contributed by atoms with van der Waals surface area (Å²) in [5, 5.41) is 3.41. The van der Waals surface area contributed by atoms with E-state index in [1.807, 2.05) is 25.1 Å². The van der Waals surface area contributed by atoms with Gasteiger partial charge in [0.25, 0.3) is 0 Å². The summed E-state index contributed by atoms with van der Waals surface area (Å²) in [6.07, 6.45) is 1.80. The number of likely N-dealkylation sites (N-methyl/N-ethyl adjacent to an activating group) is 1. The van der Waals surface area contributed by atoms with Gasteiger partial charge in [-0.2, -0.15) is 0 Å². The molecule has 0 saturated carbocycles. The van der Waals surface area contributed by atoms with Gasteiger partial charge >= 0.3 is 5.97 Å². The maximum Gasteiger partial charge on any atom is 0.310 e. The number of ether oxygens (including phenoxy) is 3. The Hall–Kier alpha value is -2.48. The number of methoxy groups -OCH3 is 1. The lowest BCUT2D eigenvalue weighted by molar-refractivity contribution is -0.149. The Bertz CT molecular complexity index is 737. The lowest BCUT2D eigenvalue weighted by Gasteiger charge is -2.34. The van der Waals surface area contributed by atoms with Crippen molar-refractivity contribution in [3.8, 4) is 11.5 Å². The van der Waals surface area contributed by atoms with E-state index in [9.17, 15) is 4.79 Å². The molecule has 0 bridgehead atoms. The largest absolute Gasteiger partial charge is 0.493 e. The second kappa shape index (κ2) is 13.8. The fraction of sp³-hybridized carbons (Fsp3) is 0.667. The molecule has 2 rings (SSSR count). The maximum atomic E-state index is 12.1. The highest BCUT2D eigenvalue weighted by molar-refractivity contribution is 5.81. The number of nitrogens with zero attached hydrogens (tertiary/aromatic N) is 3. The first-order valence-electron chi connectivity index (χ1n) is 11.7. The molecule has 1 saturated heterocycles. The van der Waals surface area contributed by atoms with Crippen LogP contribution in [-0.4, -0.2) is 81.8 Å². The zero-order valence-electron chi connectivity index (χ0n) is 20.4. The zero-order chi connectivity index (χ0) is 23.3. The molecule has 0 radical (unpaired) electrons. The molecule has 1 N–H and O–H groups in total. The molecule has 0 aliphatic carbocycles. The number of esters is 1. The number of guanidine groups is 1. The number of carbonyl (C=O) groups is 1. The Kier molecular flexibility index (Phi) is 11.1. The number of hydrogen-bond acceptors (Lipinski definition) is 6. The van der Waals surface area contributed by atoms with E-state index in [1.165, 1.54) is 0 Å². The van der Waals surface area contributed by atoms with Crippen molar-refractivity contribution in [2.24, 2.45) is 10.9 Å². The van der Waals surface area contributed by atoms with Crippen LogP contribution in [0, 0.1) is 5.92 Å². The minimum Gasteiger partial charge on any atom is -0.493 e. The average Bonchev–Trinajstić information content (AvgIpc) is 2.83. The Labute approximate surface area is 192 Å². The lowest BCUT2D eigenvalue weighted by Crippen LogP contribution is -2.48. The predicted molar refractivity (Wildman–Crippen MR) is 127 cm³/mol. The van der Waals surface area contributed by atoms with Crippen LogP contribution in [0.2, 0.25) is 0 Å². The summed E-state index contributed by atoms with van der Waals surface area (Å²) in [6, 6.07) is 5.98. The van der Waals surface area contributed by atoms with Gasteiger partial charge in [-0.1, -0.05) is 19.9 Å². The van der Waals surface area contributed by atoms with Gasteiger partial charge in [0, 0.05) is 33.2 Å². The molecule has 0 amide bonds. The third kappa shape index (κ3) is 7.58. The van der Waals surface area contributed by atoms with Gasteiger partial charge in [0.05, 0.1) is 19.6 Å². The van der Waals surface area contributed by atoms with Crippen molar-refractivity contribution in [3.05, 3.63) is 23.8 Å². The van der Waals surface area contributed by atoms with Gasteiger partial charge in [0.1, 0.15) is 6.61 Å². The van der Waals surface area contributed by atoms with Gasteiger partial charge in [-0.05, 0) is 50.6 Å². The molecular formula is C24H40N4O4. The zero-order valence-corrected chi connectivity index (χ0v) is 20.4. The molecule has 180 valence electrons. The molecule has 0 aromatic heterocycles. The van der Waals surface area contributed by atoms with Crippen LogP contribution in [0.1, 0.15) is 39.2 Å². The normalized spacial score (nSPS) is 16.8. The summed E-state index contributed by atoms with van der Waals surface area (Å²) in [5.41, 5.74) is 1.07. The van der Waals surface area contributed by atoms with Gasteiger partial charge in [0.2, 0.25) is 0 Å². The van der Waals surface area contributed by atoms with Crippen molar-refractivity contribution < 1.29 is 19.0 Å². The Morgan fingerprint density at radius 1 is 1.25 bits per heavy atom. The second-order valence-corrected chi connectivity index (χ2v) is 7.80. The van der Waals surface area contributed by atoms with Crippen molar-refractivity contribution in [1.29, 1.82) is 0 Å². The average molecular weight is 449 g/mol. The highest BCUT2D eigenvalue weighted by atomic mass is 16.5. The molecule has 1 unspecified atom stereocenters. The van der Waals surface area contributed by atoms with Crippen LogP contribution in [0.4, 0.5) is 0 Å². The Morgan fingerprint density at radius 2 is 2.03 bits per heavy atom. The standard InChI is InChI=1S/C24H40N4O4/c1-6-27(7-2)14-15-32-21-12-11-19(16-22(21)30-5)17-26-24(25-4)28-13-9-10-20(18-28)23(29)31-8-3/h11-12,16,20H,6-10,13-15,17-18H2,1-5H3,(H,25,26). The SMILES string of the molecule is CCOC(=O)C1CCCN(C(=NC)NCc2ccc(OCCN(CC)CC)c(OC)c2)C1. The predicted octanol–water partition coefficient (Wildman–Crippen LogP) is 2.77. The Morgan fingerprint density at radius 3 is 2.69 bits per heavy atom. The first-order valence-corrected chi connectivity index (χ1v) is 11.7. The van der Waals surface area contributed by atoms with E-state index in [0.29, 0.717) is 26.3 Å². The summed E-state index contributed by atoms with van der Waals surface area (Å²) in [5.74, 6) is 2.04. The molecule has 1 aromatic carbocycles. The number of aliphatic imine (C=N–C) groups is 1. The molecule has 0 spiro atoms. The molecule has 1 aromatic rings. The number of hydrogen-bond donors (Lipinski definition) is 1. The monoisotopic (exact) mass is 448 g/mol. The van der Waals surface area contributed by atoms with Crippen molar-refractivity contribution in [1.82, 2.24) is 15.1 Å². The van der Waals surface area contributed by atoms with Gasteiger partial charge in [-0.25, -0.2) is 0 Å². The molecule has 1 heterocycles. The van der Waals surface area contributed by atoms with Crippen molar-refractivity contribution >= 4 is 11.9 Å². The number of piperidine rings is 1. The molecule has 8 nitrogen and oxygen atoms in total. The topological polar surface area (TPSA) is 75.6 Å². The van der Waals surface area contributed by atoms with Gasteiger partial charge in [0.15, 0.2) is 17.5 Å². The highest BCUT2D eigenvalue weighted by Crippen LogP contribution is 2.28.